The number of hydrogen-bond donors (Lipinski definition) is 2. The van der Waals surface area contributed by atoms with Crippen LogP contribution in [0.15, 0.2) is 122 Å². The second-order valence-corrected chi connectivity index (χ2v) is 12.4. The smallest absolute Gasteiger partial charge is 0.412 e. The third-order valence-electron chi connectivity index (χ3n) is 9.12. The van der Waals surface area contributed by atoms with Crippen LogP contribution in [0.3, 0.4) is 0 Å². The highest BCUT2D eigenvalue weighted by molar-refractivity contribution is 5.93. The first kappa shape index (κ1) is 35.2. The number of non-ortho nitro benzene ring substituents is 1. The minimum atomic E-state index is -1.08. The zero-order valence-electron chi connectivity index (χ0n) is 28.6. The van der Waals surface area contributed by atoms with Crippen molar-refractivity contribution >= 4 is 28.8 Å². The number of para-hydroxylation sites is 1. The Bertz CT molecular complexity index is 2140. The van der Waals surface area contributed by atoms with E-state index in [1.165, 1.54) is 24.8 Å². The van der Waals surface area contributed by atoms with Gasteiger partial charge in [0, 0.05) is 30.5 Å². The van der Waals surface area contributed by atoms with Crippen LogP contribution in [0.25, 0.3) is 11.2 Å². The highest BCUT2D eigenvalue weighted by Gasteiger charge is 2.43. The van der Waals surface area contributed by atoms with E-state index in [0.717, 1.165) is 22.3 Å². The predicted molar refractivity (Wildman–Crippen MR) is 193 cm³/mol. The number of nitro benzene ring substituents is 1. The van der Waals surface area contributed by atoms with E-state index < -0.39 is 35.1 Å². The minimum absolute atomic E-state index is 0.0174. The van der Waals surface area contributed by atoms with Gasteiger partial charge in [-0.1, -0.05) is 91.0 Å². The number of hydrogen-bond acceptors (Lipinski definition) is 11. The number of aliphatic hydroxyl groups is 1. The first-order valence-electron chi connectivity index (χ1n) is 16.9. The Morgan fingerprint density at radius 1 is 0.962 bits per heavy atom. The number of nitrogens with one attached hydrogen (secondary N) is 1. The van der Waals surface area contributed by atoms with Crippen LogP contribution in [0.4, 0.5) is 16.3 Å². The largest absolute Gasteiger partial charge is 0.496 e. The van der Waals surface area contributed by atoms with Gasteiger partial charge in [0.2, 0.25) is 0 Å². The molecule has 3 atom stereocenters. The van der Waals surface area contributed by atoms with Gasteiger partial charge in [-0.15, -0.1) is 0 Å². The number of rotatable bonds is 13. The van der Waals surface area contributed by atoms with E-state index in [0.29, 0.717) is 17.8 Å². The van der Waals surface area contributed by atoms with Gasteiger partial charge in [0.15, 0.2) is 23.2 Å². The van der Waals surface area contributed by atoms with Gasteiger partial charge in [-0.2, -0.15) is 0 Å². The molecule has 1 amide bonds. The standard InChI is InChI=1S/C39H36N6O8/c1-50-33-15-9-8-14-31(33)39(27-10-4-2-5-11-27,28-12-6-3-7-13-28)52-23-30-22-32(46)37(53-30)44-25-42-34-35(40-24-41-36(34)44)43-38(47)51-21-20-26-16-18-29(19-17-26)45(48)49/h2-19,24-25,30,32,37,46H,20-23H2,1H3,(H,40,41,43,47)/t30-,32+,37+/m0/s1. The molecule has 3 heterocycles. The molecular weight excluding hydrogens is 680 g/mol. The number of aromatic nitrogens is 4. The minimum Gasteiger partial charge on any atom is -0.496 e. The average Bonchev–Trinajstić information content (AvgIpc) is 3.79. The predicted octanol–water partition coefficient (Wildman–Crippen LogP) is 6.19. The summed E-state index contributed by atoms with van der Waals surface area (Å²) < 4.78 is 26.2. The summed E-state index contributed by atoms with van der Waals surface area (Å²) in [5.41, 5.74) is 2.90. The van der Waals surface area contributed by atoms with E-state index in [1.54, 1.807) is 23.8 Å². The number of benzene rings is 4. The molecule has 1 aliphatic heterocycles. The van der Waals surface area contributed by atoms with E-state index in [2.05, 4.69) is 20.3 Å². The number of anilines is 1. The number of nitro groups is 1. The fourth-order valence-corrected chi connectivity index (χ4v) is 6.62. The van der Waals surface area contributed by atoms with Gasteiger partial charge in [0.25, 0.3) is 5.69 Å². The molecule has 270 valence electrons. The van der Waals surface area contributed by atoms with E-state index in [4.69, 9.17) is 18.9 Å². The Labute approximate surface area is 304 Å². The molecule has 4 aromatic carbocycles. The zero-order valence-corrected chi connectivity index (χ0v) is 28.6. The van der Waals surface area contributed by atoms with Crippen molar-refractivity contribution < 1.29 is 33.8 Å². The van der Waals surface area contributed by atoms with E-state index in [9.17, 15) is 20.0 Å². The first-order valence-corrected chi connectivity index (χ1v) is 16.9. The maximum absolute atomic E-state index is 12.6. The second kappa shape index (κ2) is 15.6. The molecule has 2 aromatic heterocycles. The number of carbonyl (C=O) groups excluding carboxylic acids is 1. The number of nitrogens with zero attached hydrogens (tertiary/aromatic N) is 5. The summed E-state index contributed by atoms with van der Waals surface area (Å²) in [5, 5.41) is 24.8. The number of carbonyl (C=O) groups is 1. The zero-order chi connectivity index (χ0) is 36.8. The van der Waals surface area contributed by atoms with Crippen molar-refractivity contribution in [1.82, 2.24) is 19.5 Å². The van der Waals surface area contributed by atoms with Crippen molar-refractivity contribution in [1.29, 1.82) is 0 Å². The van der Waals surface area contributed by atoms with Crippen molar-refractivity contribution in [2.24, 2.45) is 0 Å². The number of fused-ring (bicyclic) bond motifs is 1. The fourth-order valence-electron chi connectivity index (χ4n) is 6.62. The van der Waals surface area contributed by atoms with Gasteiger partial charge in [-0.05, 0) is 22.8 Å². The molecule has 2 N–H and O–H groups in total. The summed E-state index contributed by atoms with van der Waals surface area (Å²) in [6.07, 6.45) is 0.339. The van der Waals surface area contributed by atoms with Gasteiger partial charge in [0.05, 0.1) is 37.7 Å². The maximum Gasteiger partial charge on any atom is 0.412 e. The number of imidazole rings is 1. The molecule has 0 aliphatic carbocycles. The van der Waals surface area contributed by atoms with Crippen molar-refractivity contribution in [2.45, 2.75) is 36.9 Å². The molecule has 1 aliphatic rings. The molecule has 1 fully saturated rings. The summed E-state index contributed by atoms with van der Waals surface area (Å²) in [6.45, 7) is 0.153. The number of amides is 1. The normalized spacial score (nSPS) is 17.1. The Morgan fingerprint density at radius 3 is 2.32 bits per heavy atom. The summed E-state index contributed by atoms with van der Waals surface area (Å²) >= 11 is 0. The van der Waals surface area contributed by atoms with Crippen LogP contribution in [-0.4, -0.2) is 68.2 Å². The molecule has 1 saturated heterocycles. The molecule has 7 rings (SSSR count). The molecule has 6 aromatic rings. The molecule has 0 spiro atoms. The summed E-state index contributed by atoms with van der Waals surface area (Å²) in [6, 6.07) is 33.6. The van der Waals surface area contributed by atoms with Crippen molar-refractivity contribution in [3.63, 3.8) is 0 Å². The molecule has 0 saturated carbocycles. The number of methoxy groups -OCH3 is 1. The van der Waals surface area contributed by atoms with Crippen molar-refractivity contribution in [3.05, 3.63) is 154 Å². The lowest BCUT2D eigenvalue weighted by molar-refractivity contribution is -0.384. The lowest BCUT2D eigenvalue weighted by atomic mass is 9.79. The van der Waals surface area contributed by atoms with Crippen LogP contribution in [0.2, 0.25) is 0 Å². The molecule has 0 bridgehead atoms. The third-order valence-corrected chi connectivity index (χ3v) is 9.12. The quantitative estimate of drug-likeness (QED) is 0.0793. The highest BCUT2D eigenvalue weighted by Crippen LogP contribution is 2.45. The van der Waals surface area contributed by atoms with E-state index >= 15 is 0 Å². The van der Waals surface area contributed by atoms with Crippen LogP contribution in [-0.2, 0) is 26.2 Å². The van der Waals surface area contributed by atoms with Crippen LogP contribution in [0.5, 0.6) is 5.75 Å². The van der Waals surface area contributed by atoms with E-state index in [-0.39, 0.29) is 36.7 Å². The van der Waals surface area contributed by atoms with E-state index in [1.807, 2.05) is 84.9 Å². The van der Waals surface area contributed by atoms with Crippen LogP contribution in [0, 0.1) is 10.1 Å². The van der Waals surface area contributed by atoms with Crippen molar-refractivity contribution in [3.8, 4) is 5.75 Å². The average molecular weight is 717 g/mol. The van der Waals surface area contributed by atoms with Gasteiger partial charge < -0.3 is 24.1 Å². The molecular formula is C39H36N6O8. The second-order valence-electron chi connectivity index (χ2n) is 12.4. The van der Waals surface area contributed by atoms with Gasteiger partial charge in [0.1, 0.15) is 23.8 Å². The van der Waals surface area contributed by atoms with Gasteiger partial charge >= 0.3 is 6.09 Å². The summed E-state index contributed by atoms with van der Waals surface area (Å²) in [5.74, 6) is 0.779. The van der Waals surface area contributed by atoms with Crippen LogP contribution >= 0.6 is 0 Å². The molecule has 14 heteroatoms. The van der Waals surface area contributed by atoms with Gasteiger partial charge in [-0.25, -0.2) is 19.7 Å². The van der Waals surface area contributed by atoms with Gasteiger partial charge in [-0.3, -0.25) is 20.0 Å². The summed E-state index contributed by atoms with van der Waals surface area (Å²) in [7, 11) is 1.63. The molecule has 14 nitrogen and oxygen atoms in total. The fraction of sp³-hybridized carbons (Fsp3) is 0.231. The third kappa shape index (κ3) is 7.28. The number of ether oxygens (including phenoxy) is 4. The lowest BCUT2D eigenvalue weighted by Crippen LogP contribution is -2.36. The molecule has 53 heavy (non-hydrogen) atoms. The Hall–Kier alpha value is -6.22. The lowest BCUT2D eigenvalue weighted by Gasteiger charge is -2.37. The Balaban J connectivity index is 1.07. The van der Waals surface area contributed by atoms with Crippen LogP contribution in [0.1, 0.15) is 34.9 Å². The maximum atomic E-state index is 12.6. The first-order chi connectivity index (χ1) is 25.9. The SMILES string of the molecule is COc1ccccc1C(OC[C@@H]1C[C@@H](O)[C@H](n2cnc3c(NC(=O)OCCc4ccc([N+](=O)[O-])cc4)ncnc32)O1)(c1ccccc1)c1ccccc1. The Kier molecular flexibility index (Phi) is 10.3. The Morgan fingerprint density at radius 2 is 1.64 bits per heavy atom. The number of aliphatic hydroxyl groups excluding tert-OH is 1. The monoisotopic (exact) mass is 716 g/mol. The topological polar surface area (TPSA) is 173 Å². The highest BCUT2D eigenvalue weighted by atomic mass is 16.6. The molecule has 0 unspecified atom stereocenters. The summed E-state index contributed by atoms with van der Waals surface area (Å²) in [4.78, 5) is 36.0. The molecule has 0 radical (unpaired) electrons. The van der Waals surface area contributed by atoms with Crippen molar-refractivity contribution in [2.75, 3.05) is 25.6 Å². The van der Waals surface area contributed by atoms with Crippen LogP contribution < -0.4 is 10.1 Å².